The van der Waals surface area contributed by atoms with Crippen LogP contribution in [0.25, 0.3) is 10.4 Å². The maximum atomic E-state index is 11.8. The molecule has 2 rings (SSSR count). The van der Waals surface area contributed by atoms with Gasteiger partial charge >= 0.3 is 0 Å². The highest BCUT2D eigenvalue weighted by molar-refractivity contribution is 7.19. The summed E-state index contributed by atoms with van der Waals surface area (Å²) in [7, 11) is 0. The average Bonchev–Trinajstić information content (AvgIpc) is 2.88. The summed E-state index contributed by atoms with van der Waals surface area (Å²) in [5.74, 6) is -0.890. The molecule has 5 heteroatoms. The zero-order chi connectivity index (χ0) is 14.5. The lowest BCUT2D eigenvalue weighted by Crippen LogP contribution is -2.13. The molecule has 1 amide bonds. The van der Waals surface area contributed by atoms with Crippen LogP contribution in [-0.2, 0) is 4.79 Å². The lowest BCUT2D eigenvalue weighted by atomic mass is 10.2. The number of rotatable bonds is 3. The number of allylic oxidation sites excluding steroid dienone is 1. The molecule has 4 nitrogen and oxygen atoms in total. The van der Waals surface area contributed by atoms with Crippen molar-refractivity contribution in [2.75, 3.05) is 5.32 Å². The summed E-state index contributed by atoms with van der Waals surface area (Å²) in [6.07, 6.45) is 0. The van der Waals surface area contributed by atoms with E-state index in [1.165, 1.54) is 18.3 Å². The van der Waals surface area contributed by atoms with E-state index in [1.807, 2.05) is 36.4 Å². The third-order valence-corrected chi connectivity index (χ3v) is 3.65. The Kier molecular flexibility index (Phi) is 4.18. The van der Waals surface area contributed by atoms with Gasteiger partial charge in [0.15, 0.2) is 5.57 Å². The number of amides is 1. The van der Waals surface area contributed by atoms with E-state index in [4.69, 9.17) is 5.26 Å². The fraction of sp³-hybridized carbons (Fsp3) is 0.0667. The van der Waals surface area contributed by atoms with E-state index in [9.17, 15) is 9.90 Å². The molecule has 1 aromatic heterocycles. The summed E-state index contributed by atoms with van der Waals surface area (Å²) >= 11 is 1.41. The molecule has 0 bridgehead atoms. The van der Waals surface area contributed by atoms with Crippen LogP contribution >= 0.6 is 11.3 Å². The largest absolute Gasteiger partial charge is 0.511 e. The van der Waals surface area contributed by atoms with Gasteiger partial charge < -0.3 is 10.4 Å². The van der Waals surface area contributed by atoms with Crippen LogP contribution in [0.2, 0.25) is 0 Å². The van der Waals surface area contributed by atoms with Crippen molar-refractivity contribution < 1.29 is 9.90 Å². The number of carbonyl (C=O) groups excluding carboxylic acids is 1. The van der Waals surface area contributed by atoms with Gasteiger partial charge in [-0.05, 0) is 24.6 Å². The van der Waals surface area contributed by atoms with Gasteiger partial charge in [-0.15, -0.1) is 11.3 Å². The maximum Gasteiger partial charge on any atom is 0.270 e. The minimum atomic E-state index is -0.603. The van der Waals surface area contributed by atoms with Gasteiger partial charge in [-0.2, -0.15) is 5.26 Å². The highest BCUT2D eigenvalue weighted by Gasteiger charge is 2.13. The highest BCUT2D eigenvalue weighted by atomic mass is 32.1. The van der Waals surface area contributed by atoms with E-state index in [2.05, 4.69) is 5.32 Å². The predicted molar refractivity (Wildman–Crippen MR) is 79.3 cm³/mol. The molecule has 0 radical (unpaired) electrons. The number of aliphatic hydroxyl groups excluding tert-OH is 1. The van der Waals surface area contributed by atoms with Crippen LogP contribution in [0.3, 0.4) is 0 Å². The average molecular weight is 284 g/mol. The number of thiophene rings is 1. The first-order valence-electron chi connectivity index (χ1n) is 5.88. The Labute approximate surface area is 120 Å². The Hall–Kier alpha value is -2.58. The number of hydrogen-bond acceptors (Lipinski definition) is 4. The molecular formula is C15H12N2O2S. The van der Waals surface area contributed by atoms with Crippen LogP contribution in [0.15, 0.2) is 53.8 Å². The van der Waals surface area contributed by atoms with E-state index in [0.29, 0.717) is 5.00 Å². The first-order valence-corrected chi connectivity index (χ1v) is 6.70. The second-order valence-electron chi connectivity index (χ2n) is 4.06. The molecule has 0 unspecified atom stereocenters. The van der Waals surface area contributed by atoms with Gasteiger partial charge in [-0.3, -0.25) is 4.79 Å². The number of anilines is 1. The Balaban J connectivity index is 2.18. The third kappa shape index (κ3) is 3.05. The predicted octanol–water partition coefficient (Wildman–Crippen LogP) is 3.71. The van der Waals surface area contributed by atoms with E-state index >= 15 is 0 Å². The topological polar surface area (TPSA) is 73.1 Å². The van der Waals surface area contributed by atoms with Crippen molar-refractivity contribution >= 4 is 22.2 Å². The molecule has 0 saturated carbocycles. The van der Waals surface area contributed by atoms with Crippen LogP contribution in [0.5, 0.6) is 0 Å². The lowest BCUT2D eigenvalue weighted by Gasteiger charge is -2.01. The minimum absolute atomic E-state index is 0.278. The molecule has 2 aromatic rings. The molecule has 100 valence electrons. The third-order valence-electron chi connectivity index (χ3n) is 2.60. The molecule has 0 atom stereocenters. The van der Waals surface area contributed by atoms with E-state index < -0.39 is 5.91 Å². The molecule has 0 aliphatic rings. The first-order chi connectivity index (χ1) is 9.61. The molecule has 20 heavy (non-hydrogen) atoms. The SMILES string of the molecule is CC(O)=C(C#N)C(=O)Nc1ccc(-c2ccccc2)s1. The van der Waals surface area contributed by atoms with Gasteiger partial charge in [0, 0.05) is 4.88 Å². The van der Waals surface area contributed by atoms with E-state index in [-0.39, 0.29) is 11.3 Å². The first kappa shape index (κ1) is 13.8. The summed E-state index contributed by atoms with van der Waals surface area (Å²) in [6.45, 7) is 1.31. The zero-order valence-electron chi connectivity index (χ0n) is 10.8. The second kappa shape index (κ2) is 6.04. The van der Waals surface area contributed by atoms with Crippen LogP contribution in [-0.4, -0.2) is 11.0 Å². The summed E-state index contributed by atoms with van der Waals surface area (Å²) in [4.78, 5) is 12.8. The standard InChI is InChI=1S/C15H12N2O2S/c1-10(18)12(9-16)15(19)17-14-8-7-13(20-14)11-5-3-2-4-6-11/h2-8,18H,1H3,(H,17,19). The molecule has 0 saturated heterocycles. The van der Waals surface area contributed by atoms with Crippen molar-refractivity contribution in [1.82, 2.24) is 0 Å². The minimum Gasteiger partial charge on any atom is -0.511 e. The summed E-state index contributed by atoms with van der Waals surface area (Å²) in [5.41, 5.74) is 0.784. The normalized spacial score (nSPS) is 11.4. The molecule has 0 aliphatic carbocycles. The summed E-state index contributed by atoms with van der Waals surface area (Å²) in [6, 6.07) is 15.1. The quantitative estimate of drug-likeness (QED) is 0.512. The van der Waals surface area contributed by atoms with Crippen LogP contribution in [0.4, 0.5) is 5.00 Å². The number of carbonyl (C=O) groups is 1. The fourth-order valence-electron chi connectivity index (χ4n) is 1.63. The molecule has 1 aromatic carbocycles. The molecule has 1 heterocycles. The van der Waals surface area contributed by atoms with Crippen molar-refractivity contribution in [2.24, 2.45) is 0 Å². The number of nitrogens with one attached hydrogen (secondary N) is 1. The molecule has 0 fully saturated rings. The fourth-order valence-corrected chi connectivity index (χ4v) is 2.54. The lowest BCUT2D eigenvalue weighted by molar-refractivity contribution is -0.112. The summed E-state index contributed by atoms with van der Waals surface area (Å²) in [5, 5.41) is 21.3. The number of benzene rings is 1. The van der Waals surface area contributed by atoms with Gasteiger partial charge in [-0.1, -0.05) is 30.3 Å². The van der Waals surface area contributed by atoms with Crippen LogP contribution < -0.4 is 5.32 Å². The van der Waals surface area contributed by atoms with Crippen molar-refractivity contribution in [1.29, 1.82) is 5.26 Å². The molecular weight excluding hydrogens is 272 g/mol. The molecule has 0 spiro atoms. The van der Waals surface area contributed by atoms with Gasteiger partial charge in [-0.25, -0.2) is 0 Å². The van der Waals surface area contributed by atoms with Crippen molar-refractivity contribution in [3.63, 3.8) is 0 Å². The summed E-state index contributed by atoms with van der Waals surface area (Å²) < 4.78 is 0. The Morgan fingerprint density at radius 1 is 1.25 bits per heavy atom. The van der Waals surface area contributed by atoms with Crippen LogP contribution in [0, 0.1) is 11.3 Å². The van der Waals surface area contributed by atoms with Gasteiger partial charge in [0.1, 0.15) is 11.8 Å². The Morgan fingerprint density at radius 3 is 2.55 bits per heavy atom. The number of nitrogens with zero attached hydrogens (tertiary/aromatic N) is 1. The number of nitriles is 1. The second-order valence-corrected chi connectivity index (χ2v) is 5.14. The number of hydrogen-bond donors (Lipinski definition) is 2. The zero-order valence-corrected chi connectivity index (χ0v) is 11.6. The monoisotopic (exact) mass is 284 g/mol. The van der Waals surface area contributed by atoms with E-state index in [1.54, 1.807) is 12.1 Å². The maximum absolute atomic E-state index is 11.8. The molecule has 2 N–H and O–H groups in total. The van der Waals surface area contributed by atoms with Gasteiger partial charge in [0.2, 0.25) is 0 Å². The smallest absolute Gasteiger partial charge is 0.270 e. The Morgan fingerprint density at radius 2 is 1.95 bits per heavy atom. The number of aliphatic hydroxyl groups is 1. The highest BCUT2D eigenvalue weighted by Crippen LogP contribution is 2.31. The Bertz CT molecular complexity index is 692. The van der Waals surface area contributed by atoms with Crippen molar-refractivity contribution in [3.05, 3.63) is 53.8 Å². The van der Waals surface area contributed by atoms with E-state index in [0.717, 1.165) is 10.4 Å². The van der Waals surface area contributed by atoms with Crippen LogP contribution in [0.1, 0.15) is 6.92 Å². The van der Waals surface area contributed by atoms with Crippen molar-refractivity contribution in [3.8, 4) is 16.5 Å². The molecule has 0 aliphatic heterocycles. The van der Waals surface area contributed by atoms with Gasteiger partial charge in [0.05, 0.1) is 5.00 Å². The van der Waals surface area contributed by atoms with Gasteiger partial charge in [0.25, 0.3) is 5.91 Å². The van der Waals surface area contributed by atoms with Crippen molar-refractivity contribution in [2.45, 2.75) is 6.92 Å².